The predicted octanol–water partition coefficient (Wildman–Crippen LogP) is 0.656. The molecule has 0 aliphatic heterocycles. The van der Waals surface area contributed by atoms with Gasteiger partial charge in [-0.1, -0.05) is 30.3 Å². The summed E-state index contributed by atoms with van der Waals surface area (Å²) in [5.74, 6) is -1.28. The molecule has 0 fully saturated rings. The van der Waals surface area contributed by atoms with Crippen LogP contribution in [0.15, 0.2) is 39.9 Å². The number of hydrogen-bond acceptors (Lipinski definition) is 7. The van der Waals surface area contributed by atoms with E-state index in [1.807, 2.05) is 30.3 Å². The first kappa shape index (κ1) is 20.5. The number of ketones is 1. The molecule has 2 aromatic rings. The highest BCUT2D eigenvalue weighted by Gasteiger charge is 2.21. The van der Waals surface area contributed by atoms with Crippen LogP contribution in [0.4, 0.5) is 5.82 Å². The van der Waals surface area contributed by atoms with Crippen LogP contribution in [0, 0.1) is 0 Å². The molecule has 0 saturated heterocycles. The number of ether oxygens (including phenoxy) is 1. The number of nitrogen functional groups attached to an aromatic ring is 1. The normalized spacial score (nSPS) is 10.6. The fourth-order valence-electron chi connectivity index (χ4n) is 2.47. The monoisotopic (exact) mass is 391 g/mol. The number of esters is 1. The van der Waals surface area contributed by atoms with Crippen molar-refractivity contribution >= 4 is 29.3 Å². The number of benzene rings is 1. The van der Waals surface area contributed by atoms with Crippen molar-refractivity contribution in [1.29, 1.82) is 0 Å². The average Bonchev–Trinajstić information content (AvgIpc) is 2.65. The summed E-state index contributed by atoms with van der Waals surface area (Å²) < 4.78 is 6.85. The quantitative estimate of drug-likeness (QED) is 0.519. The van der Waals surface area contributed by atoms with Gasteiger partial charge in [0, 0.05) is 7.05 Å². The molecule has 2 rings (SSSR count). The highest BCUT2D eigenvalue weighted by molar-refractivity contribution is 8.00. The summed E-state index contributed by atoms with van der Waals surface area (Å²) >= 11 is 1.03. The molecule has 0 spiro atoms. The van der Waals surface area contributed by atoms with E-state index >= 15 is 0 Å². The SMILES string of the molecule is CCOC(=O)CSCC(=O)c1c(N)n(Cc2ccccc2)c(=O)n(C)c1=O. The molecule has 0 amide bonds. The smallest absolute Gasteiger partial charge is 0.332 e. The van der Waals surface area contributed by atoms with Crippen LogP contribution in [0.3, 0.4) is 0 Å². The number of nitrogens with zero attached hydrogens (tertiary/aromatic N) is 2. The van der Waals surface area contributed by atoms with Crippen LogP contribution in [-0.4, -0.2) is 39.0 Å². The fourth-order valence-corrected chi connectivity index (χ4v) is 3.15. The maximum Gasteiger partial charge on any atom is 0.332 e. The third kappa shape index (κ3) is 4.88. The summed E-state index contributed by atoms with van der Waals surface area (Å²) in [6, 6.07) is 9.10. The molecule has 0 aliphatic carbocycles. The van der Waals surface area contributed by atoms with Gasteiger partial charge in [-0.05, 0) is 12.5 Å². The minimum atomic E-state index is -0.747. The van der Waals surface area contributed by atoms with Crippen LogP contribution in [0.1, 0.15) is 22.8 Å². The van der Waals surface area contributed by atoms with Crippen molar-refractivity contribution in [1.82, 2.24) is 9.13 Å². The second kappa shape index (κ2) is 9.22. The van der Waals surface area contributed by atoms with E-state index in [0.717, 1.165) is 21.9 Å². The van der Waals surface area contributed by atoms with Crippen molar-refractivity contribution in [2.45, 2.75) is 13.5 Å². The van der Waals surface area contributed by atoms with Crippen molar-refractivity contribution in [3.63, 3.8) is 0 Å². The second-order valence-electron chi connectivity index (χ2n) is 5.70. The van der Waals surface area contributed by atoms with E-state index in [2.05, 4.69) is 0 Å². The van der Waals surface area contributed by atoms with E-state index in [1.54, 1.807) is 6.92 Å². The lowest BCUT2D eigenvalue weighted by Gasteiger charge is -2.14. The number of nitrogens with two attached hydrogens (primary N) is 1. The van der Waals surface area contributed by atoms with Gasteiger partial charge in [-0.15, -0.1) is 11.8 Å². The first-order valence-corrected chi connectivity index (χ1v) is 9.42. The highest BCUT2D eigenvalue weighted by Crippen LogP contribution is 2.12. The molecule has 27 heavy (non-hydrogen) atoms. The molecular formula is C18H21N3O5S. The fraction of sp³-hybridized carbons (Fsp3) is 0.333. The van der Waals surface area contributed by atoms with Crippen LogP contribution in [0.5, 0.6) is 0 Å². The third-order valence-corrected chi connectivity index (χ3v) is 4.71. The van der Waals surface area contributed by atoms with Crippen molar-refractivity contribution < 1.29 is 14.3 Å². The van der Waals surface area contributed by atoms with Gasteiger partial charge in [0.1, 0.15) is 11.4 Å². The van der Waals surface area contributed by atoms with E-state index in [1.165, 1.54) is 11.6 Å². The zero-order valence-electron chi connectivity index (χ0n) is 15.1. The summed E-state index contributed by atoms with van der Waals surface area (Å²) in [5.41, 5.74) is 5.22. The van der Waals surface area contributed by atoms with Crippen molar-refractivity contribution in [3.8, 4) is 0 Å². The molecule has 0 atom stereocenters. The Labute approximate surface area is 159 Å². The van der Waals surface area contributed by atoms with Gasteiger partial charge in [-0.3, -0.25) is 23.5 Å². The van der Waals surface area contributed by atoms with Gasteiger partial charge < -0.3 is 10.5 Å². The van der Waals surface area contributed by atoms with Gasteiger partial charge >= 0.3 is 11.7 Å². The molecular weight excluding hydrogens is 370 g/mol. The van der Waals surface area contributed by atoms with Crippen molar-refractivity contribution in [3.05, 3.63) is 62.3 Å². The summed E-state index contributed by atoms with van der Waals surface area (Å²) in [7, 11) is 1.30. The lowest BCUT2D eigenvalue weighted by Crippen LogP contribution is -2.43. The Balaban J connectivity index is 2.31. The van der Waals surface area contributed by atoms with E-state index < -0.39 is 23.0 Å². The number of Topliss-reactive ketones (excluding diaryl/α,β-unsaturated/α-hetero) is 1. The van der Waals surface area contributed by atoms with Gasteiger partial charge in [0.25, 0.3) is 5.56 Å². The zero-order chi connectivity index (χ0) is 20.0. The van der Waals surface area contributed by atoms with Gasteiger partial charge in [0.15, 0.2) is 5.78 Å². The Morgan fingerprint density at radius 3 is 2.44 bits per heavy atom. The Hall–Kier alpha value is -2.81. The molecule has 1 aromatic heterocycles. The van der Waals surface area contributed by atoms with Crippen LogP contribution < -0.4 is 17.0 Å². The largest absolute Gasteiger partial charge is 0.465 e. The topological polar surface area (TPSA) is 113 Å². The number of aromatic nitrogens is 2. The molecule has 2 N–H and O–H groups in total. The van der Waals surface area contributed by atoms with E-state index in [4.69, 9.17) is 10.5 Å². The van der Waals surface area contributed by atoms with Gasteiger partial charge in [0.2, 0.25) is 0 Å². The lowest BCUT2D eigenvalue weighted by molar-refractivity contribution is -0.139. The van der Waals surface area contributed by atoms with Gasteiger partial charge in [-0.2, -0.15) is 0 Å². The van der Waals surface area contributed by atoms with E-state index in [-0.39, 0.29) is 36.0 Å². The average molecular weight is 391 g/mol. The molecule has 8 nitrogen and oxygen atoms in total. The van der Waals surface area contributed by atoms with Crippen LogP contribution >= 0.6 is 11.8 Å². The van der Waals surface area contributed by atoms with Crippen molar-refractivity contribution in [2.75, 3.05) is 23.8 Å². The minimum absolute atomic E-state index is 0.0105. The number of carbonyl (C=O) groups excluding carboxylic acids is 2. The number of carbonyl (C=O) groups is 2. The Morgan fingerprint density at radius 1 is 1.15 bits per heavy atom. The van der Waals surface area contributed by atoms with E-state index in [0.29, 0.717) is 0 Å². The summed E-state index contributed by atoms with van der Waals surface area (Å²) in [4.78, 5) is 48.7. The molecule has 1 aromatic carbocycles. The Morgan fingerprint density at radius 2 is 1.81 bits per heavy atom. The molecule has 144 valence electrons. The first-order valence-electron chi connectivity index (χ1n) is 8.26. The number of hydrogen-bond donors (Lipinski definition) is 1. The molecule has 0 aliphatic rings. The minimum Gasteiger partial charge on any atom is -0.465 e. The third-order valence-electron chi connectivity index (χ3n) is 3.80. The molecule has 0 unspecified atom stereocenters. The lowest BCUT2D eigenvalue weighted by atomic mass is 10.2. The summed E-state index contributed by atoms with van der Waals surface area (Å²) in [5, 5.41) is 0. The maximum atomic E-state index is 12.5. The van der Waals surface area contributed by atoms with E-state index in [9.17, 15) is 19.2 Å². The van der Waals surface area contributed by atoms with Crippen LogP contribution in [0.2, 0.25) is 0 Å². The van der Waals surface area contributed by atoms with Crippen LogP contribution in [0.25, 0.3) is 0 Å². The zero-order valence-corrected chi connectivity index (χ0v) is 16.0. The molecule has 0 saturated carbocycles. The summed E-state index contributed by atoms with van der Waals surface area (Å²) in [6.45, 7) is 2.08. The Bertz CT molecular complexity index is 950. The standard InChI is InChI=1S/C18H21N3O5S/c1-3-26-14(23)11-27-10-13(22)15-16(19)21(18(25)20(2)17(15)24)9-12-7-5-4-6-8-12/h4-8H,3,9-11,19H2,1-2H3. The highest BCUT2D eigenvalue weighted by atomic mass is 32.2. The second-order valence-corrected chi connectivity index (χ2v) is 6.69. The number of thioether (sulfide) groups is 1. The van der Waals surface area contributed by atoms with Crippen molar-refractivity contribution in [2.24, 2.45) is 7.05 Å². The predicted molar refractivity (Wildman–Crippen MR) is 104 cm³/mol. The first-order chi connectivity index (χ1) is 12.9. The summed E-state index contributed by atoms with van der Waals surface area (Å²) in [6.07, 6.45) is 0. The molecule has 0 radical (unpaired) electrons. The van der Waals surface area contributed by atoms with Gasteiger partial charge in [0.05, 0.1) is 24.7 Å². The Kier molecular flexibility index (Phi) is 7.00. The van der Waals surface area contributed by atoms with Crippen LogP contribution in [-0.2, 0) is 23.1 Å². The molecule has 1 heterocycles. The number of rotatable bonds is 8. The number of anilines is 1. The maximum absolute atomic E-state index is 12.5. The molecule has 9 heteroatoms. The molecule has 0 bridgehead atoms. The van der Waals surface area contributed by atoms with Gasteiger partial charge in [-0.25, -0.2) is 4.79 Å².